The molecule has 0 saturated heterocycles. The maximum absolute atomic E-state index is 12.4. The molecule has 4 rings (SSSR count). The van der Waals surface area contributed by atoms with E-state index >= 15 is 0 Å². The maximum atomic E-state index is 12.4. The van der Waals surface area contributed by atoms with Crippen molar-refractivity contribution in [3.05, 3.63) is 83.9 Å². The zero-order chi connectivity index (χ0) is 23.2. The van der Waals surface area contributed by atoms with Crippen molar-refractivity contribution in [3.63, 3.8) is 0 Å². The smallest absolute Gasteiger partial charge is 0.336 e. The van der Waals surface area contributed by atoms with Crippen molar-refractivity contribution in [2.24, 2.45) is 0 Å². The summed E-state index contributed by atoms with van der Waals surface area (Å²) in [6, 6.07) is 23.4. The van der Waals surface area contributed by atoms with Crippen LogP contribution in [0.4, 0.5) is 5.69 Å². The van der Waals surface area contributed by atoms with Gasteiger partial charge in [-0.25, -0.2) is 4.68 Å². The highest BCUT2D eigenvalue weighted by Crippen LogP contribution is 2.25. The molecule has 0 radical (unpaired) electrons. The van der Waals surface area contributed by atoms with Crippen molar-refractivity contribution in [1.29, 1.82) is 0 Å². The fraction of sp³-hybridized carbons (Fsp3) is 0.192. The number of anilines is 1. The summed E-state index contributed by atoms with van der Waals surface area (Å²) in [6.07, 6.45) is 0.282. The van der Waals surface area contributed by atoms with Crippen LogP contribution in [0.2, 0.25) is 0 Å². The van der Waals surface area contributed by atoms with Crippen molar-refractivity contribution >= 4 is 11.6 Å². The minimum absolute atomic E-state index is 0.0901. The number of nitrogens with one attached hydrogen (secondary N) is 1. The van der Waals surface area contributed by atoms with Gasteiger partial charge < -0.3 is 14.8 Å². The van der Waals surface area contributed by atoms with E-state index in [1.807, 2.05) is 86.6 Å². The Hall–Kier alpha value is -4.13. The number of aromatic nitrogens is 3. The van der Waals surface area contributed by atoms with E-state index in [0.29, 0.717) is 24.1 Å². The molecule has 0 bridgehead atoms. The molecule has 0 saturated carbocycles. The molecule has 1 heterocycles. The molecular weight excluding hydrogens is 416 g/mol. The van der Waals surface area contributed by atoms with E-state index in [2.05, 4.69) is 15.4 Å². The van der Waals surface area contributed by atoms with Gasteiger partial charge in [0.15, 0.2) is 5.82 Å². The van der Waals surface area contributed by atoms with Gasteiger partial charge in [-0.1, -0.05) is 42.0 Å². The second-order valence-corrected chi connectivity index (χ2v) is 7.55. The number of amides is 1. The van der Waals surface area contributed by atoms with Gasteiger partial charge in [0.05, 0.1) is 25.8 Å². The first kappa shape index (κ1) is 22.1. The first-order valence-electron chi connectivity index (χ1n) is 10.8. The van der Waals surface area contributed by atoms with Crippen molar-refractivity contribution in [2.45, 2.75) is 20.3 Å². The van der Waals surface area contributed by atoms with Crippen molar-refractivity contribution in [1.82, 2.24) is 14.8 Å². The largest absolute Gasteiger partial charge is 0.497 e. The Labute approximate surface area is 193 Å². The van der Waals surface area contributed by atoms with Gasteiger partial charge in [0, 0.05) is 11.3 Å². The molecule has 0 aliphatic carbocycles. The van der Waals surface area contributed by atoms with Gasteiger partial charge in [-0.15, -0.1) is 5.10 Å². The van der Waals surface area contributed by atoms with Gasteiger partial charge in [0.25, 0.3) is 0 Å². The van der Waals surface area contributed by atoms with Gasteiger partial charge in [0.1, 0.15) is 5.75 Å². The molecule has 1 N–H and O–H groups in total. The van der Waals surface area contributed by atoms with E-state index in [0.717, 1.165) is 22.6 Å². The lowest BCUT2D eigenvalue weighted by Crippen LogP contribution is -2.14. The van der Waals surface area contributed by atoms with Crippen LogP contribution in [0.15, 0.2) is 72.8 Å². The van der Waals surface area contributed by atoms with Crippen LogP contribution in [0.3, 0.4) is 0 Å². The van der Waals surface area contributed by atoms with E-state index in [1.54, 1.807) is 11.8 Å². The predicted molar refractivity (Wildman–Crippen MR) is 128 cm³/mol. The molecule has 0 aliphatic rings. The fourth-order valence-corrected chi connectivity index (χ4v) is 3.37. The standard InChI is InChI=1S/C26H26N4O3/c1-4-33-26-28-25(20-9-5-18(2)6-10-20)30(29-26)22-13-11-21(12-14-22)27-24(31)17-19-7-15-23(32-3)16-8-19/h5-16H,4,17H2,1-3H3,(H,27,31). The third kappa shape index (κ3) is 5.38. The van der Waals surface area contributed by atoms with Crippen molar-refractivity contribution in [3.8, 4) is 28.8 Å². The van der Waals surface area contributed by atoms with Crippen LogP contribution >= 0.6 is 0 Å². The summed E-state index contributed by atoms with van der Waals surface area (Å²) in [5, 5.41) is 7.45. The summed E-state index contributed by atoms with van der Waals surface area (Å²) < 4.78 is 12.4. The van der Waals surface area contributed by atoms with Crippen LogP contribution < -0.4 is 14.8 Å². The fourth-order valence-electron chi connectivity index (χ4n) is 3.37. The highest BCUT2D eigenvalue weighted by atomic mass is 16.5. The number of benzene rings is 3. The minimum Gasteiger partial charge on any atom is -0.497 e. The zero-order valence-corrected chi connectivity index (χ0v) is 18.9. The second kappa shape index (κ2) is 9.99. The first-order valence-corrected chi connectivity index (χ1v) is 10.8. The van der Waals surface area contributed by atoms with E-state index in [-0.39, 0.29) is 12.3 Å². The highest BCUT2D eigenvalue weighted by Gasteiger charge is 2.15. The average molecular weight is 443 g/mol. The Bertz CT molecular complexity index is 1210. The normalized spacial score (nSPS) is 10.6. The van der Waals surface area contributed by atoms with Gasteiger partial charge in [-0.05, 0) is 55.8 Å². The molecule has 0 aliphatic heterocycles. The Morgan fingerprint density at radius 1 is 0.970 bits per heavy atom. The van der Waals surface area contributed by atoms with Crippen LogP contribution in [0.25, 0.3) is 17.1 Å². The number of methoxy groups -OCH3 is 1. The Morgan fingerprint density at radius 3 is 2.30 bits per heavy atom. The molecule has 0 atom stereocenters. The van der Waals surface area contributed by atoms with Crippen LogP contribution in [0, 0.1) is 6.92 Å². The van der Waals surface area contributed by atoms with E-state index in [4.69, 9.17) is 9.47 Å². The van der Waals surface area contributed by atoms with E-state index < -0.39 is 0 Å². The third-order valence-corrected chi connectivity index (χ3v) is 5.09. The van der Waals surface area contributed by atoms with Gasteiger partial charge >= 0.3 is 6.01 Å². The monoisotopic (exact) mass is 442 g/mol. The van der Waals surface area contributed by atoms with Crippen molar-refractivity contribution < 1.29 is 14.3 Å². The van der Waals surface area contributed by atoms with Gasteiger partial charge in [0.2, 0.25) is 5.91 Å². The predicted octanol–water partition coefficient (Wildman–Crippen LogP) is 4.83. The quantitative estimate of drug-likeness (QED) is 0.423. The molecule has 7 heteroatoms. The summed E-state index contributed by atoms with van der Waals surface area (Å²) in [5.41, 5.74) is 4.55. The Kier molecular flexibility index (Phi) is 6.69. The molecule has 33 heavy (non-hydrogen) atoms. The molecular formula is C26H26N4O3. The lowest BCUT2D eigenvalue weighted by molar-refractivity contribution is -0.115. The summed E-state index contributed by atoms with van der Waals surface area (Å²) in [4.78, 5) is 17.0. The number of carbonyl (C=O) groups is 1. The zero-order valence-electron chi connectivity index (χ0n) is 18.9. The SMILES string of the molecule is CCOc1nc(-c2ccc(C)cc2)n(-c2ccc(NC(=O)Cc3ccc(OC)cc3)cc2)n1. The lowest BCUT2D eigenvalue weighted by Gasteiger charge is -2.09. The third-order valence-electron chi connectivity index (χ3n) is 5.09. The number of aryl methyl sites for hydroxylation is 1. The summed E-state index contributed by atoms with van der Waals surface area (Å²) >= 11 is 0. The maximum Gasteiger partial charge on any atom is 0.336 e. The number of hydrogen-bond acceptors (Lipinski definition) is 5. The summed E-state index contributed by atoms with van der Waals surface area (Å²) in [7, 11) is 1.62. The first-order chi connectivity index (χ1) is 16.1. The molecule has 1 aromatic heterocycles. The van der Waals surface area contributed by atoms with Crippen LogP contribution in [-0.4, -0.2) is 34.4 Å². The van der Waals surface area contributed by atoms with Gasteiger partial charge in [-0.3, -0.25) is 4.79 Å². The lowest BCUT2D eigenvalue weighted by atomic mass is 10.1. The topological polar surface area (TPSA) is 78.3 Å². The number of rotatable bonds is 8. The van der Waals surface area contributed by atoms with E-state index in [1.165, 1.54) is 5.56 Å². The molecule has 168 valence electrons. The molecule has 3 aromatic carbocycles. The molecule has 0 unspecified atom stereocenters. The molecule has 4 aromatic rings. The minimum atomic E-state index is -0.0901. The molecule has 7 nitrogen and oxygen atoms in total. The molecule has 1 amide bonds. The van der Waals surface area contributed by atoms with Crippen LogP contribution in [-0.2, 0) is 11.2 Å². The van der Waals surface area contributed by atoms with Crippen molar-refractivity contribution in [2.75, 3.05) is 19.0 Å². The molecule has 0 fully saturated rings. The number of carbonyl (C=O) groups excluding carboxylic acids is 1. The Morgan fingerprint density at radius 2 is 1.67 bits per heavy atom. The average Bonchev–Trinajstić information content (AvgIpc) is 3.24. The number of ether oxygens (including phenoxy) is 2. The Balaban J connectivity index is 1.51. The van der Waals surface area contributed by atoms with Crippen LogP contribution in [0.1, 0.15) is 18.1 Å². The molecule has 0 spiro atoms. The second-order valence-electron chi connectivity index (χ2n) is 7.55. The number of hydrogen-bond donors (Lipinski definition) is 1. The van der Waals surface area contributed by atoms with Crippen LogP contribution in [0.5, 0.6) is 11.8 Å². The van der Waals surface area contributed by atoms with E-state index in [9.17, 15) is 4.79 Å². The van der Waals surface area contributed by atoms with Gasteiger partial charge in [-0.2, -0.15) is 4.98 Å². The highest BCUT2D eigenvalue weighted by molar-refractivity contribution is 5.92. The summed E-state index contributed by atoms with van der Waals surface area (Å²) in [5.74, 6) is 1.36. The summed E-state index contributed by atoms with van der Waals surface area (Å²) in [6.45, 7) is 4.42. The number of nitrogens with zero attached hydrogens (tertiary/aromatic N) is 3.